The summed E-state index contributed by atoms with van der Waals surface area (Å²) in [7, 11) is -2.03. The molecule has 1 aliphatic rings. The van der Waals surface area contributed by atoms with Gasteiger partial charge in [0.25, 0.3) is 0 Å². The predicted molar refractivity (Wildman–Crippen MR) is 112 cm³/mol. The summed E-state index contributed by atoms with van der Waals surface area (Å²) in [6, 6.07) is 2.76. The first kappa shape index (κ1) is 25.3. The fourth-order valence-corrected chi connectivity index (χ4v) is 7.05. The number of ether oxygens (including phenoxy) is 4. The number of halogens is 1. The average molecular weight is 530 g/mol. The fraction of sp³-hybridized carbons (Fsp3) is 0.833. The Labute approximate surface area is 181 Å². The Hall–Kier alpha value is -0.723. The molecule has 0 N–H and O–H groups in total. The van der Waals surface area contributed by atoms with Gasteiger partial charge >= 0.3 is 17.9 Å². The van der Waals surface area contributed by atoms with E-state index in [1.807, 2.05) is 0 Å². The molecule has 0 aromatic carbocycles. The van der Waals surface area contributed by atoms with Crippen LogP contribution in [0.15, 0.2) is 0 Å². The van der Waals surface area contributed by atoms with Gasteiger partial charge in [0.2, 0.25) is 0 Å². The molecule has 0 spiro atoms. The van der Waals surface area contributed by atoms with Crippen LogP contribution in [0.3, 0.4) is 0 Å². The number of esters is 3. The van der Waals surface area contributed by atoms with Gasteiger partial charge in [0.05, 0.1) is 0 Å². The highest BCUT2D eigenvalue weighted by Crippen LogP contribution is 2.35. The minimum absolute atomic E-state index is 0.132. The standard InChI is InChI=1S/C18H31IO8Si/c1-7-28(8-2,9-3)27-18-15(19)17(25-13(6)22)16(24-12(5)21)14(26-18)10-23-11(4)20/h14-18H,7-10H2,1-6H3/t14-,15-,16-,17-,18+/m1/s1. The Morgan fingerprint density at radius 3 is 1.82 bits per heavy atom. The maximum absolute atomic E-state index is 11.7. The Bertz CT molecular complexity index is 545. The third kappa shape index (κ3) is 6.96. The maximum Gasteiger partial charge on any atom is 0.303 e. The van der Waals surface area contributed by atoms with Crippen molar-refractivity contribution < 1.29 is 37.8 Å². The maximum atomic E-state index is 11.7. The summed E-state index contributed by atoms with van der Waals surface area (Å²) in [4.78, 5) is 34.6. The lowest BCUT2D eigenvalue weighted by Crippen LogP contribution is -2.61. The smallest absolute Gasteiger partial charge is 0.303 e. The van der Waals surface area contributed by atoms with Crippen LogP contribution in [0.2, 0.25) is 18.1 Å². The van der Waals surface area contributed by atoms with Crippen molar-refractivity contribution in [3.8, 4) is 0 Å². The molecule has 1 saturated heterocycles. The van der Waals surface area contributed by atoms with E-state index in [0.29, 0.717) is 0 Å². The average Bonchev–Trinajstić information content (AvgIpc) is 2.62. The number of alkyl halides is 1. The normalized spacial score (nSPS) is 27.8. The van der Waals surface area contributed by atoms with Crippen LogP contribution in [0.4, 0.5) is 0 Å². The van der Waals surface area contributed by atoms with E-state index < -0.39 is 54.8 Å². The van der Waals surface area contributed by atoms with Crippen molar-refractivity contribution in [2.45, 2.75) is 88.2 Å². The molecule has 1 heterocycles. The van der Waals surface area contributed by atoms with Gasteiger partial charge in [-0.2, -0.15) is 0 Å². The van der Waals surface area contributed by atoms with E-state index in [0.717, 1.165) is 18.1 Å². The second kappa shape index (κ2) is 11.5. The lowest BCUT2D eigenvalue weighted by atomic mass is 10.0. The number of carbonyl (C=O) groups is 3. The molecule has 0 aromatic rings. The van der Waals surface area contributed by atoms with Crippen LogP contribution >= 0.6 is 22.6 Å². The predicted octanol–water partition coefficient (Wildman–Crippen LogP) is 2.96. The third-order valence-electron chi connectivity index (χ3n) is 4.93. The summed E-state index contributed by atoms with van der Waals surface area (Å²) in [5, 5.41) is 0. The summed E-state index contributed by atoms with van der Waals surface area (Å²) in [5.41, 5.74) is 0. The van der Waals surface area contributed by atoms with Crippen LogP contribution in [-0.2, 0) is 37.8 Å². The molecule has 10 heteroatoms. The summed E-state index contributed by atoms with van der Waals surface area (Å²) >= 11 is 2.11. The molecular weight excluding hydrogens is 499 g/mol. The van der Waals surface area contributed by atoms with Crippen molar-refractivity contribution in [3.63, 3.8) is 0 Å². The van der Waals surface area contributed by atoms with E-state index in [4.69, 9.17) is 23.4 Å². The first-order chi connectivity index (χ1) is 13.1. The molecule has 0 amide bonds. The number of hydrogen-bond acceptors (Lipinski definition) is 8. The lowest BCUT2D eigenvalue weighted by molar-refractivity contribution is -0.242. The van der Waals surface area contributed by atoms with E-state index >= 15 is 0 Å². The van der Waals surface area contributed by atoms with Gasteiger partial charge in [-0.1, -0.05) is 43.4 Å². The molecule has 1 rings (SSSR count). The summed E-state index contributed by atoms with van der Waals surface area (Å²) in [6.07, 6.45) is -3.14. The molecule has 28 heavy (non-hydrogen) atoms. The van der Waals surface area contributed by atoms with E-state index in [2.05, 4.69) is 43.4 Å². The van der Waals surface area contributed by atoms with Crippen molar-refractivity contribution in [1.82, 2.24) is 0 Å². The van der Waals surface area contributed by atoms with Crippen molar-refractivity contribution in [3.05, 3.63) is 0 Å². The van der Waals surface area contributed by atoms with Gasteiger partial charge in [0.15, 0.2) is 26.8 Å². The molecule has 8 nitrogen and oxygen atoms in total. The Kier molecular flexibility index (Phi) is 10.4. The Morgan fingerprint density at radius 2 is 1.39 bits per heavy atom. The second-order valence-electron chi connectivity index (χ2n) is 6.80. The quantitative estimate of drug-likeness (QED) is 0.148. The summed E-state index contributed by atoms with van der Waals surface area (Å²) in [5.74, 6) is -1.52. The number of rotatable bonds is 9. The largest absolute Gasteiger partial charge is 0.463 e. The fourth-order valence-electron chi connectivity index (χ4n) is 3.20. The second-order valence-corrected chi connectivity index (χ2v) is 13.0. The van der Waals surface area contributed by atoms with Crippen molar-refractivity contribution in [2.75, 3.05) is 6.61 Å². The molecular formula is C18H31IO8Si. The van der Waals surface area contributed by atoms with Gasteiger partial charge in [-0.05, 0) is 18.1 Å². The summed E-state index contributed by atoms with van der Waals surface area (Å²) < 4.78 is 28.2. The Morgan fingerprint density at radius 1 is 0.893 bits per heavy atom. The van der Waals surface area contributed by atoms with Gasteiger partial charge in [0.1, 0.15) is 16.6 Å². The van der Waals surface area contributed by atoms with E-state index in [1.54, 1.807) is 0 Å². The van der Waals surface area contributed by atoms with Gasteiger partial charge in [-0.3, -0.25) is 14.4 Å². The third-order valence-corrected chi connectivity index (χ3v) is 10.8. The highest BCUT2D eigenvalue weighted by molar-refractivity contribution is 14.1. The number of carbonyl (C=O) groups excluding carboxylic acids is 3. The number of hydrogen-bond donors (Lipinski definition) is 0. The van der Waals surface area contributed by atoms with Crippen LogP contribution in [0.1, 0.15) is 41.5 Å². The molecule has 0 radical (unpaired) electrons. The van der Waals surface area contributed by atoms with Crippen molar-refractivity contribution >= 4 is 48.8 Å². The topological polar surface area (TPSA) is 97.4 Å². The molecule has 0 saturated carbocycles. The summed E-state index contributed by atoms with van der Waals surface area (Å²) in [6.45, 7) is 10.0. The van der Waals surface area contributed by atoms with Crippen LogP contribution in [-0.4, -0.2) is 61.4 Å². The highest BCUT2D eigenvalue weighted by Gasteiger charge is 2.51. The zero-order valence-corrected chi connectivity index (χ0v) is 20.5. The van der Waals surface area contributed by atoms with E-state index in [9.17, 15) is 14.4 Å². The Balaban J connectivity index is 3.20. The molecule has 1 fully saturated rings. The zero-order chi connectivity index (χ0) is 21.5. The monoisotopic (exact) mass is 530 g/mol. The van der Waals surface area contributed by atoms with Crippen LogP contribution in [0, 0.1) is 0 Å². The molecule has 5 atom stereocenters. The molecule has 0 bridgehead atoms. The van der Waals surface area contributed by atoms with Crippen LogP contribution < -0.4 is 0 Å². The van der Waals surface area contributed by atoms with E-state index in [-0.39, 0.29) is 6.61 Å². The van der Waals surface area contributed by atoms with Crippen LogP contribution in [0.5, 0.6) is 0 Å². The van der Waals surface area contributed by atoms with Gasteiger partial charge < -0.3 is 23.4 Å². The first-order valence-corrected chi connectivity index (χ1v) is 13.3. The van der Waals surface area contributed by atoms with Crippen LogP contribution in [0.25, 0.3) is 0 Å². The van der Waals surface area contributed by atoms with Crippen molar-refractivity contribution in [2.24, 2.45) is 0 Å². The SMILES string of the molecule is CC[Si](CC)(CC)O[C@@H]1O[C@H](COC(C)=O)[C@@H](OC(C)=O)[C@H](OC(C)=O)[C@H]1I. The first-order valence-electron chi connectivity index (χ1n) is 9.54. The van der Waals surface area contributed by atoms with Gasteiger partial charge in [-0.15, -0.1) is 0 Å². The van der Waals surface area contributed by atoms with E-state index in [1.165, 1.54) is 20.8 Å². The highest BCUT2D eigenvalue weighted by atomic mass is 127. The molecule has 1 aliphatic heterocycles. The minimum Gasteiger partial charge on any atom is -0.463 e. The van der Waals surface area contributed by atoms with Gasteiger partial charge in [-0.25, -0.2) is 0 Å². The zero-order valence-electron chi connectivity index (χ0n) is 17.4. The minimum atomic E-state index is -2.03. The molecule has 162 valence electrons. The lowest BCUT2D eigenvalue weighted by Gasteiger charge is -2.45. The van der Waals surface area contributed by atoms with Crippen molar-refractivity contribution in [1.29, 1.82) is 0 Å². The molecule has 0 aliphatic carbocycles. The molecule has 0 aromatic heterocycles. The molecule has 0 unspecified atom stereocenters. The van der Waals surface area contributed by atoms with Gasteiger partial charge in [0, 0.05) is 20.8 Å².